The van der Waals surface area contributed by atoms with E-state index in [4.69, 9.17) is 0 Å². The highest BCUT2D eigenvalue weighted by Crippen LogP contribution is 2.26. The normalized spacial score (nSPS) is 12.6. The van der Waals surface area contributed by atoms with Crippen molar-refractivity contribution in [3.05, 3.63) is 132 Å². The zero-order chi connectivity index (χ0) is 32.4. The number of aryl methyl sites for hydroxylation is 1. The van der Waals surface area contributed by atoms with Crippen LogP contribution in [-0.4, -0.2) is 43.8 Å². The number of carbonyl (C=O) groups is 2. The van der Waals surface area contributed by atoms with E-state index in [-0.39, 0.29) is 29.5 Å². The van der Waals surface area contributed by atoms with E-state index < -0.39 is 40.2 Å². The molecule has 9 heteroatoms. The monoisotopic (exact) mass is 629 g/mol. The van der Waals surface area contributed by atoms with Gasteiger partial charge in [-0.1, -0.05) is 92.7 Å². The first kappa shape index (κ1) is 33.4. The molecule has 0 saturated carbocycles. The third-order valence-electron chi connectivity index (χ3n) is 7.81. The zero-order valence-electron chi connectivity index (χ0n) is 25.9. The number of carbonyl (C=O) groups excluding carboxylic acids is 2. The van der Waals surface area contributed by atoms with Gasteiger partial charge in [-0.2, -0.15) is 0 Å². The van der Waals surface area contributed by atoms with Crippen molar-refractivity contribution in [3.63, 3.8) is 0 Å². The van der Waals surface area contributed by atoms with Crippen LogP contribution in [0.15, 0.2) is 114 Å². The van der Waals surface area contributed by atoms with Crippen molar-refractivity contribution in [2.75, 3.05) is 10.8 Å². The summed E-state index contributed by atoms with van der Waals surface area (Å²) in [5.41, 5.74) is 2.33. The summed E-state index contributed by atoms with van der Waals surface area (Å²) in [5, 5.41) is 2.98. The largest absolute Gasteiger partial charge is 0.352 e. The molecule has 0 radical (unpaired) electrons. The highest BCUT2D eigenvalue weighted by Gasteiger charge is 2.35. The molecular weight excluding hydrogens is 589 g/mol. The summed E-state index contributed by atoms with van der Waals surface area (Å²) in [6, 6.07) is 29.0. The van der Waals surface area contributed by atoms with E-state index in [1.165, 1.54) is 23.1 Å². The number of rotatable bonds is 14. The number of nitrogens with one attached hydrogen (secondary N) is 1. The predicted molar refractivity (Wildman–Crippen MR) is 176 cm³/mol. The summed E-state index contributed by atoms with van der Waals surface area (Å²) in [5.74, 6) is -1.57. The minimum absolute atomic E-state index is 0.0216. The maximum absolute atomic E-state index is 15.0. The van der Waals surface area contributed by atoms with E-state index in [0.29, 0.717) is 12.1 Å². The van der Waals surface area contributed by atoms with Crippen LogP contribution in [0.3, 0.4) is 0 Å². The Kier molecular flexibility index (Phi) is 11.5. The Balaban J connectivity index is 1.81. The van der Waals surface area contributed by atoms with Crippen LogP contribution in [0.4, 0.5) is 10.1 Å². The van der Waals surface area contributed by atoms with Crippen LogP contribution >= 0.6 is 0 Å². The maximum atomic E-state index is 15.0. The van der Waals surface area contributed by atoms with Crippen molar-refractivity contribution in [2.45, 2.75) is 63.6 Å². The van der Waals surface area contributed by atoms with Crippen LogP contribution in [-0.2, 0) is 39.0 Å². The summed E-state index contributed by atoms with van der Waals surface area (Å²) >= 11 is 0. The van der Waals surface area contributed by atoms with E-state index in [1.807, 2.05) is 63.2 Å². The van der Waals surface area contributed by atoms with Gasteiger partial charge in [-0.25, -0.2) is 12.8 Å². The van der Waals surface area contributed by atoms with Gasteiger partial charge >= 0.3 is 0 Å². The summed E-state index contributed by atoms with van der Waals surface area (Å²) in [7, 11) is -4.20. The molecule has 7 nitrogen and oxygen atoms in total. The number of hydrogen-bond donors (Lipinski definition) is 1. The number of hydrogen-bond acceptors (Lipinski definition) is 4. The molecule has 45 heavy (non-hydrogen) atoms. The first-order valence-electron chi connectivity index (χ1n) is 15.2. The van der Waals surface area contributed by atoms with Crippen LogP contribution in [0.25, 0.3) is 0 Å². The average Bonchev–Trinajstić information content (AvgIpc) is 3.06. The minimum atomic E-state index is -4.20. The lowest BCUT2D eigenvalue weighted by Crippen LogP contribution is -2.54. The van der Waals surface area contributed by atoms with Gasteiger partial charge in [0.15, 0.2) is 0 Å². The molecule has 0 aliphatic rings. The number of nitrogens with zero attached hydrogens (tertiary/aromatic N) is 2. The molecule has 0 fully saturated rings. The number of benzene rings is 4. The second-order valence-corrected chi connectivity index (χ2v) is 12.8. The summed E-state index contributed by atoms with van der Waals surface area (Å²) < 4.78 is 44.2. The fraction of sp³-hybridized carbons (Fsp3) is 0.278. The quantitative estimate of drug-likeness (QED) is 0.182. The molecule has 4 aromatic rings. The van der Waals surface area contributed by atoms with Crippen LogP contribution < -0.4 is 9.62 Å². The highest BCUT2D eigenvalue weighted by atomic mass is 32.2. The molecule has 236 valence electrons. The Morgan fingerprint density at radius 1 is 0.800 bits per heavy atom. The highest BCUT2D eigenvalue weighted by molar-refractivity contribution is 7.92. The fourth-order valence-corrected chi connectivity index (χ4v) is 6.39. The predicted octanol–water partition coefficient (Wildman–Crippen LogP) is 6.14. The Bertz CT molecular complexity index is 1670. The second kappa shape index (κ2) is 15.5. The molecule has 0 unspecified atom stereocenters. The topological polar surface area (TPSA) is 86.8 Å². The first-order chi connectivity index (χ1) is 21.6. The van der Waals surface area contributed by atoms with Gasteiger partial charge in [-0.15, -0.1) is 0 Å². The van der Waals surface area contributed by atoms with Crippen LogP contribution in [0.5, 0.6) is 0 Å². The van der Waals surface area contributed by atoms with Gasteiger partial charge in [-0.05, 0) is 61.2 Å². The molecule has 4 aromatic carbocycles. The van der Waals surface area contributed by atoms with Gasteiger partial charge in [0.1, 0.15) is 18.4 Å². The van der Waals surface area contributed by atoms with Gasteiger partial charge < -0.3 is 10.2 Å². The van der Waals surface area contributed by atoms with E-state index >= 15 is 4.39 Å². The van der Waals surface area contributed by atoms with E-state index in [9.17, 15) is 18.0 Å². The van der Waals surface area contributed by atoms with Crippen molar-refractivity contribution in [1.82, 2.24) is 10.2 Å². The Hall–Kier alpha value is -4.50. The molecule has 0 aliphatic carbocycles. The summed E-state index contributed by atoms with van der Waals surface area (Å²) in [4.78, 5) is 29.6. The van der Waals surface area contributed by atoms with Crippen molar-refractivity contribution in [1.29, 1.82) is 0 Å². The van der Waals surface area contributed by atoms with Crippen molar-refractivity contribution in [2.24, 2.45) is 0 Å². The Morgan fingerprint density at radius 3 is 2.00 bits per heavy atom. The van der Waals surface area contributed by atoms with E-state index in [2.05, 4.69) is 5.32 Å². The molecule has 4 rings (SSSR count). The summed E-state index contributed by atoms with van der Waals surface area (Å²) in [6.45, 7) is 4.98. The first-order valence-corrected chi connectivity index (χ1v) is 16.6. The lowest BCUT2D eigenvalue weighted by molar-refractivity contribution is -0.140. The number of amides is 2. The molecule has 0 aromatic heterocycles. The van der Waals surface area contributed by atoms with Crippen LogP contribution in [0.1, 0.15) is 43.9 Å². The van der Waals surface area contributed by atoms with Gasteiger partial charge in [0.05, 0.1) is 10.6 Å². The smallest absolute Gasteiger partial charge is 0.264 e. The van der Waals surface area contributed by atoms with Gasteiger partial charge in [0, 0.05) is 24.6 Å². The standard InChI is InChI=1S/C36H40FN3O4S/c1-4-27(3)38-36(42)34(24-29-14-8-6-9-15-29)39(25-30-16-12-13-19-33(30)37)35(41)26-40(31-22-20-28(5-2)21-23-31)45(43,44)32-17-10-7-11-18-32/h6-23,27,34H,4-5,24-26H2,1-3H3,(H,38,42)/t27-,34-/m0/s1. The second-order valence-electron chi connectivity index (χ2n) is 11.0. The molecule has 0 bridgehead atoms. The van der Waals surface area contributed by atoms with Gasteiger partial charge in [-0.3, -0.25) is 13.9 Å². The van der Waals surface area contributed by atoms with Crippen molar-refractivity contribution < 1.29 is 22.4 Å². The number of halogens is 1. The van der Waals surface area contributed by atoms with Crippen molar-refractivity contribution >= 4 is 27.5 Å². The zero-order valence-corrected chi connectivity index (χ0v) is 26.7. The van der Waals surface area contributed by atoms with Crippen LogP contribution in [0, 0.1) is 5.82 Å². The molecule has 1 N–H and O–H groups in total. The molecule has 2 amide bonds. The average molecular weight is 630 g/mol. The van der Waals surface area contributed by atoms with E-state index in [0.717, 1.165) is 21.9 Å². The number of anilines is 1. The maximum Gasteiger partial charge on any atom is 0.264 e. The lowest BCUT2D eigenvalue weighted by Gasteiger charge is -2.34. The molecule has 2 atom stereocenters. The minimum Gasteiger partial charge on any atom is -0.352 e. The molecule has 0 heterocycles. The van der Waals surface area contributed by atoms with E-state index in [1.54, 1.807) is 48.5 Å². The summed E-state index contributed by atoms with van der Waals surface area (Å²) in [6.07, 6.45) is 1.58. The molecule has 0 saturated heterocycles. The third-order valence-corrected chi connectivity index (χ3v) is 9.60. The molecule has 0 aliphatic heterocycles. The fourth-order valence-electron chi connectivity index (χ4n) is 4.95. The van der Waals surface area contributed by atoms with Crippen molar-refractivity contribution in [3.8, 4) is 0 Å². The molecule has 0 spiro atoms. The molecular formula is C36H40FN3O4S. The van der Waals surface area contributed by atoms with Crippen LogP contribution in [0.2, 0.25) is 0 Å². The Labute approximate surface area is 265 Å². The van der Waals surface area contributed by atoms with Gasteiger partial charge in [0.25, 0.3) is 10.0 Å². The third kappa shape index (κ3) is 8.57. The Morgan fingerprint density at radius 2 is 1.40 bits per heavy atom. The lowest BCUT2D eigenvalue weighted by atomic mass is 10.0. The SMILES string of the molecule is CCc1ccc(N(CC(=O)N(Cc2ccccc2F)[C@@H](Cc2ccccc2)C(=O)N[C@@H](C)CC)S(=O)(=O)c2ccccc2)cc1. The number of sulfonamides is 1. The van der Waals surface area contributed by atoms with Gasteiger partial charge in [0.2, 0.25) is 11.8 Å².